The van der Waals surface area contributed by atoms with Gasteiger partial charge in [-0.1, -0.05) is 0 Å². The number of nitrogens with one attached hydrogen (secondary N) is 1. The minimum absolute atomic E-state index is 0.0425. The van der Waals surface area contributed by atoms with Gasteiger partial charge >= 0.3 is 0 Å². The summed E-state index contributed by atoms with van der Waals surface area (Å²) in [6.07, 6.45) is 5.58. The number of sulfonamides is 1. The molecular weight excluding hydrogens is 340 g/mol. The molecule has 4 rings (SSSR count). The van der Waals surface area contributed by atoms with Crippen molar-refractivity contribution in [1.82, 2.24) is 18.7 Å². The number of carbonyl (C=O) groups is 1. The molecule has 1 amide bonds. The van der Waals surface area contributed by atoms with Crippen LogP contribution in [0.5, 0.6) is 0 Å². The van der Waals surface area contributed by atoms with Crippen LogP contribution in [-0.4, -0.2) is 28.3 Å². The zero-order valence-corrected chi connectivity index (χ0v) is 14.7. The van der Waals surface area contributed by atoms with Gasteiger partial charge in [0, 0.05) is 24.9 Å². The van der Waals surface area contributed by atoms with E-state index in [4.69, 9.17) is 0 Å². The van der Waals surface area contributed by atoms with Gasteiger partial charge in [-0.05, 0) is 44.0 Å². The highest BCUT2D eigenvalue weighted by molar-refractivity contribution is 7.90. The lowest BCUT2D eigenvalue weighted by Gasteiger charge is -2.12. The highest BCUT2D eigenvalue weighted by atomic mass is 32.2. The molecule has 0 radical (unpaired) electrons. The highest BCUT2D eigenvalue weighted by Gasteiger charge is 2.29. The minimum Gasteiger partial charge on any atom is -0.340 e. The quantitative estimate of drug-likeness (QED) is 0.773. The third kappa shape index (κ3) is 2.62. The first-order chi connectivity index (χ1) is 11.9. The van der Waals surface area contributed by atoms with E-state index in [1.165, 1.54) is 10.6 Å². The van der Waals surface area contributed by atoms with E-state index in [0.717, 1.165) is 24.2 Å². The van der Waals surface area contributed by atoms with Crippen LogP contribution in [-0.2, 0) is 17.1 Å². The van der Waals surface area contributed by atoms with Gasteiger partial charge in [-0.2, -0.15) is 8.42 Å². The number of amides is 1. The van der Waals surface area contributed by atoms with Gasteiger partial charge in [0.05, 0.1) is 17.3 Å². The Morgan fingerprint density at radius 1 is 1.28 bits per heavy atom. The Kier molecular flexibility index (Phi) is 3.47. The predicted octanol–water partition coefficient (Wildman–Crippen LogP) is 1.98. The normalized spacial score (nSPS) is 14.8. The number of nitrogens with zero attached hydrogens (tertiary/aromatic N) is 3. The van der Waals surface area contributed by atoms with Crippen molar-refractivity contribution >= 4 is 21.4 Å². The number of aryl methyl sites for hydroxylation is 2. The molecule has 3 aromatic rings. The van der Waals surface area contributed by atoms with Crippen molar-refractivity contribution in [1.29, 1.82) is 0 Å². The fourth-order valence-electron chi connectivity index (χ4n) is 3.10. The maximum atomic E-state index is 12.6. The molecule has 1 aliphatic carbocycles. The monoisotopic (exact) mass is 358 g/mol. The molecule has 1 N–H and O–H groups in total. The van der Waals surface area contributed by atoms with Gasteiger partial charge in [0.25, 0.3) is 15.9 Å². The van der Waals surface area contributed by atoms with E-state index >= 15 is 0 Å². The molecule has 3 heterocycles. The van der Waals surface area contributed by atoms with Crippen molar-refractivity contribution in [3.8, 4) is 0 Å². The first kappa shape index (κ1) is 15.9. The third-order valence-electron chi connectivity index (χ3n) is 4.55. The molecule has 3 aromatic heterocycles. The standard InChI is InChI=1S/C17H18N4O3S/c1-11-14(8-7-13-10-18-16(21(11)13)12-5-6-12)17(22)19-25(23,24)15-4-3-9-20(15)2/h3-4,7-10,12H,5-6H2,1-2H3,(H,19,22). The number of pyridine rings is 1. The lowest BCUT2D eigenvalue weighted by molar-refractivity contribution is 0.0980. The van der Waals surface area contributed by atoms with E-state index in [1.54, 1.807) is 37.6 Å². The van der Waals surface area contributed by atoms with Crippen LogP contribution in [0.1, 0.15) is 40.6 Å². The average molecular weight is 358 g/mol. The number of hydrogen-bond acceptors (Lipinski definition) is 4. The lowest BCUT2D eigenvalue weighted by atomic mass is 10.2. The fourth-order valence-corrected chi connectivity index (χ4v) is 4.25. The van der Waals surface area contributed by atoms with Gasteiger partial charge in [-0.3, -0.25) is 9.20 Å². The molecular formula is C17H18N4O3S. The van der Waals surface area contributed by atoms with Crippen LogP contribution < -0.4 is 4.72 Å². The summed E-state index contributed by atoms with van der Waals surface area (Å²) in [5.74, 6) is 0.718. The Bertz CT molecular complexity index is 1090. The van der Waals surface area contributed by atoms with Crippen molar-refractivity contribution in [3.05, 3.63) is 53.7 Å². The number of carbonyl (C=O) groups excluding carboxylic acids is 1. The number of hydrogen-bond donors (Lipinski definition) is 1. The summed E-state index contributed by atoms with van der Waals surface area (Å²) in [4.78, 5) is 17.1. The molecule has 0 spiro atoms. The summed E-state index contributed by atoms with van der Waals surface area (Å²) in [6.45, 7) is 1.81. The molecule has 1 aliphatic rings. The molecule has 0 bridgehead atoms. The van der Waals surface area contributed by atoms with Crippen LogP contribution in [0.15, 0.2) is 41.7 Å². The fraction of sp³-hybridized carbons (Fsp3) is 0.294. The van der Waals surface area contributed by atoms with Crippen LogP contribution in [0.3, 0.4) is 0 Å². The van der Waals surface area contributed by atoms with Crippen LogP contribution in [0.25, 0.3) is 5.52 Å². The van der Waals surface area contributed by atoms with Crippen LogP contribution in [0, 0.1) is 6.92 Å². The van der Waals surface area contributed by atoms with Crippen LogP contribution >= 0.6 is 0 Å². The van der Waals surface area contributed by atoms with Gasteiger partial charge < -0.3 is 4.57 Å². The molecule has 1 fully saturated rings. The summed E-state index contributed by atoms with van der Waals surface area (Å²) in [5, 5.41) is 0.0425. The van der Waals surface area contributed by atoms with E-state index in [9.17, 15) is 13.2 Å². The summed E-state index contributed by atoms with van der Waals surface area (Å²) in [5.41, 5.74) is 1.92. The van der Waals surface area contributed by atoms with E-state index in [0.29, 0.717) is 17.2 Å². The lowest BCUT2D eigenvalue weighted by Crippen LogP contribution is -2.32. The van der Waals surface area contributed by atoms with Crippen molar-refractivity contribution in [3.63, 3.8) is 0 Å². The molecule has 0 atom stereocenters. The van der Waals surface area contributed by atoms with Gasteiger partial charge in [-0.25, -0.2) is 9.71 Å². The maximum Gasteiger partial charge on any atom is 0.279 e. The first-order valence-corrected chi connectivity index (χ1v) is 9.52. The van der Waals surface area contributed by atoms with Crippen LogP contribution in [0.2, 0.25) is 0 Å². The number of imidazole rings is 1. The second-order valence-electron chi connectivity index (χ2n) is 6.38. The molecule has 1 saturated carbocycles. The van der Waals surface area contributed by atoms with Gasteiger partial charge in [0.1, 0.15) is 5.82 Å². The second kappa shape index (κ2) is 5.45. The molecule has 8 heteroatoms. The Morgan fingerprint density at radius 3 is 2.68 bits per heavy atom. The number of rotatable bonds is 4. The number of fused-ring (bicyclic) bond motifs is 1. The number of aromatic nitrogens is 3. The maximum absolute atomic E-state index is 12.6. The Morgan fingerprint density at radius 2 is 2.04 bits per heavy atom. The predicted molar refractivity (Wildman–Crippen MR) is 92.0 cm³/mol. The SMILES string of the molecule is Cc1c(C(=O)NS(=O)(=O)c2cccn2C)ccc2cnc(C3CC3)n12. The molecule has 0 unspecified atom stereocenters. The smallest absolute Gasteiger partial charge is 0.279 e. The van der Waals surface area contributed by atoms with E-state index in [-0.39, 0.29) is 5.03 Å². The molecule has 0 aromatic carbocycles. The first-order valence-electron chi connectivity index (χ1n) is 8.04. The molecule has 0 saturated heterocycles. The van der Waals surface area contributed by atoms with E-state index in [2.05, 4.69) is 9.71 Å². The third-order valence-corrected chi connectivity index (χ3v) is 5.98. The topological polar surface area (TPSA) is 85.5 Å². The Balaban J connectivity index is 1.72. The van der Waals surface area contributed by atoms with Crippen molar-refractivity contribution in [2.75, 3.05) is 0 Å². The Labute approximate surface area is 145 Å². The summed E-state index contributed by atoms with van der Waals surface area (Å²) >= 11 is 0. The molecule has 130 valence electrons. The second-order valence-corrected chi connectivity index (χ2v) is 8.00. The molecule has 25 heavy (non-hydrogen) atoms. The average Bonchev–Trinajstić information content (AvgIpc) is 3.13. The highest BCUT2D eigenvalue weighted by Crippen LogP contribution is 2.39. The summed E-state index contributed by atoms with van der Waals surface area (Å²) in [7, 11) is -2.31. The Hall–Kier alpha value is -2.61. The zero-order chi connectivity index (χ0) is 17.8. The van der Waals surface area contributed by atoms with Crippen molar-refractivity contribution in [2.45, 2.75) is 30.7 Å². The van der Waals surface area contributed by atoms with Gasteiger partial charge in [0.15, 0.2) is 5.03 Å². The molecule has 0 aliphatic heterocycles. The molecule has 7 nitrogen and oxygen atoms in total. The zero-order valence-electron chi connectivity index (χ0n) is 13.9. The van der Waals surface area contributed by atoms with Crippen molar-refractivity contribution in [2.24, 2.45) is 7.05 Å². The summed E-state index contributed by atoms with van der Waals surface area (Å²) < 4.78 is 30.4. The van der Waals surface area contributed by atoms with E-state index in [1.807, 2.05) is 11.3 Å². The van der Waals surface area contributed by atoms with Crippen LogP contribution in [0.4, 0.5) is 0 Å². The van der Waals surface area contributed by atoms with Gasteiger partial charge in [-0.15, -0.1) is 0 Å². The van der Waals surface area contributed by atoms with E-state index < -0.39 is 15.9 Å². The van der Waals surface area contributed by atoms with Gasteiger partial charge in [0.2, 0.25) is 0 Å². The minimum atomic E-state index is -3.93. The van der Waals surface area contributed by atoms with Crippen molar-refractivity contribution < 1.29 is 13.2 Å². The largest absolute Gasteiger partial charge is 0.340 e. The summed E-state index contributed by atoms with van der Waals surface area (Å²) in [6, 6.07) is 6.49.